The van der Waals surface area contributed by atoms with E-state index >= 15 is 0 Å². The SMILES string of the molecule is CCl.COc1cccc(C)c1OC1OC(CSc2nnc(NN)n2N)C(O)C(O)C1OC1CC(NCc2ccc(-c3ccccc3)cc2)C(O)C(C)O1. The number of alkyl halides is 1. The summed E-state index contributed by atoms with van der Waals surface area (Å²) in [6.45, 7) is 4.11. The molecule has 1 aromatic heterocycles. The smallest absolute Gasteiger partial charge is 0.258 e. The average molecular weight is 774 g/mol. The van der Waals surface area contributed by atoms with Crippen LogP contribution in [0.2, 0.25) is 0 Å². The summed E-state index contributed by atoms with van der Waals surface area (Å²) in [5.41, 5.74) is 6.40. The molecule has 0 bridgehead atoms. The fourth-order valence-electron chi connectivity index (χ4n) is 6.18. The highest BCUT2D eigenvalue weighted by Crippen LogP contribution is 2.37. The lowest BCUT2D eigenvalue weighted by atomic mass is 9.97. The number of hydrazine groups is 1. The Morgan fingerprint density at radius 1 is 0.943 bits per heavy atom. The van der Waals surface area contributed by atoms with E-state index < -0.39 is 55.2 Å². The number of hydrogen-bond donors (Lipinski definition) is 7. The standard InChI is InChI=1S/C35H45N7O8S.CH3Cl/c1-19-8-7-11-25(46-3)31(19)50-33-32(30(45)29(44)26(48-33)18-51-35-41-40-34(39-36)42(35)37)49-27-16-24(28(43)20(2)47-27)38-17-21-12-14-23(15-13-21)22-9-5-4-6-10-22;1-2/h4-15,20,24,26-30,32-33,38,43-45H,16-18,36-37H2,1-3H3,(H,39,40);1H3. The molecule has 3 aromatic carbocycles. The molecule has 9 N–H and O–H groups in total. The number of para-hydroxylation sites is 1. The third kappa shape index (κ3) is 9.71. The van der Waals surface area contributed by atoms with E-state index in [1.807, 2.05) is 37.3 Å². The van der Waals surface area contributed by atoms with Crippen LogP contribution < -0.4 is 31.9 Å². The van der Waals surface area contributed by atoms with Crippen molar-refractivity contribution in [3.05, 3.63) is 83.9 Å². The monoisotopic (exact) mass is 773 g/mol. The highest BCUT2D eigenvalue weighted by molar-refractivity contribution is 7.99. The Bertz CT molecular complexity index is 1730. The van der Waals surface area contributed by atoms with Crippen LogP contribution in [0.4, 0.5) is 5.95 Å². The Kier molecular flexibility index (Phi) is 14.6. The Morgan fingerprint density at radius 3 is 2.34 bits per heavy atom. The van der Waals surface area contributed by atoms with E-state index in [0.29, 0.717) is 23.2 Å². The van der Waals surface area contributed by atoms with Crippen molar-refractivity contribution in [2.45, 2.75) is 87.2 Å². The molecule has 0 saturated carbocycles. The van der Waals surface area contributed by atoms with Crippen LogP contribution >= 0.6 is 23.4 Å². The summed E-state index contributed by atoms with van der Waals surface area (Å²) in [6, 6.07) is 23.4. The van der Waals surface area contributed by atoms with Crippen molar-refractivity contribution in [3.63, 3.8) is 0 Å². The number of thioether (sulfide) groups is 1. The summed E-state index contributed by atoms with van der Waals surface area (Å²) < 4.78 is 31.8. The predicted octanol–water partition coefficient (Wildman–Crippen LogP) is 2.77. The molecule has 9 unspecified atom stereocenters. The number of methoxy groups -OCH3 is 1. The molecule has 288 valence electrons. The van der Waals surface area contributed by atoms with Gasteiger partial charge < -0.3 is 50.2 Å². The van der Waals surface area contributed by atoms with Crippen LogP contribution in [-0.2, 0) is 20.8 Å². The zero-order chi connectivity index (χ0) is 38.1. The summed E-state index contributed by atoms with van der Waals surface area (Å²) in [5, 5.41) is 45.5. The lowest BCUT2D eigenvalue weighted by Crippen LogP contribution is -2.62. The van der Waals surface area contributed by atoms with Gasteiger partial charge in [-0.1, -0.05) is 78.5 Å². The summed E-state index contributed by atoms with van der Waals surface area (Å²) in [5.74, 6) is 12.5. The summed E-state index contributed by atoms with van der Waals surface area (Å²) in [6.07, 6.45) is -6.78. The first-order valence-electron chi connectivity index (χ1n) is 17.0. The number of rotatable bonds is 13. The van der Waals surface area contributed by atoms with Crippen LogP contribution in [0.5, 0.6) is 11.5 Å². The maximum absolute atomic E-state index is 11.5. The number of nitrogens with two attached hydrogens (primary N) is 2. The van der Waals surface area contributed by atoms with E-state index in [9.17, 15) is 15.3 Å². The zero-order valence-corrected chi connectivity index (χ0v) is 31.5. The molecule has 0 amide bonds. The van der Waals surface area contributed by atoms with Crippen molar-refractivity contribution in [1.82, 2.24) is 20.2 Å². The molecule has 0 aliphatic carbocycles. The van der Waals surface area contributed by atoms with E-state index in [-0.39, 0.29) is 18.1 Å². The second kappa shape index (κ2) is 19.1. The lowest BCUT2D eigenvalue weighted by molar-refractivity contribution is -0.326. The Morgan fingerprint density at radius 2 is 1.66 bits per heavy atom. The van der Waals surface area contributed by atoms with Crippen LogP contribution in [0, 0.1) is 6.92 Å². The number of halogens is 1. The van der Waals surface area contributed by atoms with Crippen molar-refractivity contribution in [2.24, 2.45) is 5.84 Å². The van der Waals surface area contributed by atoms with E-state index in [0.717, 1.165) is 38.7 Å². The van der Waals surface area contributed by atoms with Crippen LogP contribution in [-0.4, -0.2) is 105 Å². The van der Waals surface area contributed by atoms with E-state index in [1.165, 1.54) is 13.5 Å². The molecule has 17 heteroatoms. The molecular formula is C36H48ClN7O8S. The van der Waals surface area contributed by atoms with Crippen molar-refractivity contribution in [3.8, 4) is 22.6 Å². The quantitative estimate of drug-likeness (QED) is 0.0451. The Balaban J connectivity index is 0.00000266. The van der Waals surface area contributed by atoms with Gasteiger partial charge in [-0.05, 0) is 42.2 Å². The molecule has 6 rings (SSSR count). The van der Waals surface area contributed by atoms with Gasteiger partial charge in [0.15, 0.2) is 23.9 Å². The van der Waals surface area contributed by atoms with Crippen LogP contribution in [0.3, 0.4) is 0 Å². The molecule has 2 fully saturated rings. The van der Waals surface area contributed by atoms with Crippen molar-refractivity contribution < 1.29 is 39.0 Å². The molecular weight excluding hydrogens is 726 g/mol. The van der Waals surface area contributed by atoms with Gasteiger partial charge in [-0.2, -0.15) is 0 Å². The van der Waals surface area contributed by atoms with E-state index in [2.05, 4.69) is 68.9 Å². The molecule has 2 aliphatic rings. The first-order chi connectivity index (χ1) is 25.7. The molecule has 2 aliphatic heterocycles. The van der Waals surface area contributed by atoms with Crippen LogP contribution in [0.25, 0.3) is 11.1 Å². The largest absolute Gasteiger partial charge is 0.493 e. The van der Waals surface area contributed by atoms with E-state index in [4.69, 9.17) is 35.4 Å². The number of aryl methyl sites for hydroxylation is 1. The van der Waals surface area contributed by atoms with Crippen LogP contribution in [0.1, 0.15) is 24.5 Å². The van der Waals surface area contributed by atoms with Gasteiger partial charge in [-0.15, -0.1) is 21.8 Å². The minimum absolute atomic E-state index is 0.122. The number of benzene rings is 3. The van der Waals surface area contributed by atoms with E-state index in [1.54, 1.807) is 13.0 Å². The number of aliphatic hydroxyl groups excluding tert-OH is 3. The van der Waals surface area contributed by atoms with Crippen molar-refractivity contribution in [1.29, 1.82) is 0 Å². The molecule has 0 spiro atoms. The number of nitrogen functional groups attached to an aromatic ring is 2. The predicted molar refractivity (Wildman–Crippen MR) is 202 cm³/mol. The number of hydrogen-bond acceptors (Lipinski definition) is 15. The first-order valence-corrected chi connectivity index (χ1v) is 18.8. The second-order valence-electron chi connectivity index (χ2n) is 12.5. The number of aliphatic hydroxyl groups is 3. The third-order valence-electron chi connectivity index (χ3n) is 9.09. The van der Waals surface area contributed by atoms with Gasteiger partial charge in [-0.3, -0.25) is 5.43 Å². The Labute approximate surface area is 317 Å². The van der Waals surface area contributed by atoms with Gasteiger partial charge in [-0.25, -0.2) is 10.5 Å². The number of ether oxygens (including phenoxy) is 5. The molecule has 3 heterocycles. The third-order valence-corrected chi connectivity index (χ3v) is 10.1. The van der Waals surface area contributed by atoms with Crippen molar-refractivity contribution in [2.75, 3.05) is 30.5 Å². The van der Waals surface area contributed by atoms with Gasteiger partial charge in [0.1, 0.15) is 12.2 Å². The van der Waals surface area contributed by atoms with Gasteiger partial charge in [0.25, 0.3) is 5.95 Å². The maximum atomic E-state index is 11.5. The van der Waals surface area contributed by atoms with Crippen LogP contribution in [0.15, 0.2) is 78.0 Å². The topological polar surface area (TPSA) is 214 Å². The minimum Gasteiger partial charge on any atom is -0.493 e. The number of aromatic nitrogens is 3. The minimum atomic E-state index is -1.46. The number of nitrogens with zero attached hydrogens (tertiary/aromatic N) is 3. The molecule has 0 radical (unpaired) electrons. The number of nitrogens with one attached hydrogen (secondary N) is 2. The van der Waals surface area contributed by atoms with Gasteiger partial charge >= 0.3 is 0 Å². The fourth-order valence-corrected chi connectivity index (χ4v) is 7.09. The van der Waals surface area contributed by atoms with Gasteiger partial charge in [0.2, 0.25) is 11.4 Å². The maximum Gasteiger partial charge on any atom is 0.258 e. The normalized spacial score (nSPS) is 27.0. The molecule has 9 atom stereocenters. The molecule has 4 aromatic rings. The first kappa shape index (κ1) is 40.5. The highest BCUT2D eigenvalue weighted by atomic mass is 35.5. The Hall–Kier alpha value is -3.68. The second-order valence-corrected chi connectivity index (χ2v) is 13.5. The zero-order valence-electron chi connectivity index (χ0n) is 29.9. The molecule has 15 nitrogen and oxygen atoms in total. The van der Waals surface area contributed by atoms with Crippen molar-refractivity contribution >= 4 is 29.3 Å². The fraction of sp³-hybridized carbons (Fsp3) is 0.444. The summed E-state index contributed by atoms with van der Waals surface area (Å²) in [7, 11) is 1.52. The summed E-state index contributed by atoms with van der Waals surface area (Å²) >= 11 is 5.79. The highest BCUT2D eigenvalue weighted by Gasteiger charge is 2.49. The van der Waals surface area contributed by atoms with Gasteiger partial charge in [0.05, 0.1) is 25.4 Å². The lowest BCUT2D eigenvalue weighted by Gasteiger charge is -2.45. The molecule has 2 saturated heterocycles. The summed E-state index contributed by atoms with van der Waals surface area (Å²) in [4.78, 5) is 0. The van der Waals surface area contributed by atoms with Gasteiger partial charge in [0, 0.05) is 31.1 Å². The average Bonchev–Trinajstić information content (AvgIpc) is 3.55. The number of anilines is 1. The molecule has 53 heavy (non-hydrogen) atoms.